The minimum Gasteiger partial charge on any atom is -0.478 e. The summed E-state index contributed by atoms with van der Waals surface area (Å²) in [5.41, 5.74) is 5.07. The third kappa shape index (κ3) is 3.02. The maximum Gasteiger partial charge on any atom is 0.336 e. The van der Waals surface area contributed by atoms with Crippen molar-refractivity contribution in [2.75, 3.05) is 26.3 Å². The maximum absolute atomic E-state index is 11.8. The number of pyridine rings is 1. The van der Waals surface area contributed by atoms with Crippen molar-refractivity contribution in [1.29, 1.82) is 0 Å². The first-order chi connectivity index (χ1) is 13.0. The number of carboxylic acid groups (broad SMARTS) is 1. The molecule has 27 heavy (non-hydrogen) atoms. The second kappa shape index (κ2) is 6.83. The van der Waals surface area contributed by atoms with E-state index in [9.17, 15) is 9.90 Å². The highest BCUT2D eigenvalue weighted by Crippen LogP contribution is 2.31. The van der Waals surface area contributed by atoms with Crippen LogP contribution in [-0.2, 0) is 11.8 Å². The quantitative estimate of drug-likeness (QED) is 0.767. The van der Waals surface area contributed by atoms with Crippen LogP contribution in [0.25, 0.3) is 16.8 Å². The zero-order chi connectivity index (χ0) is 19.1. The maximum atomic E-state index is 11.8. The number of hydrogen-bond acceptors (Lipinski definition) is 4. The van der Waals surface area contributed by atoms with Crippen LogP contribution in [0.4, 0.5) is 0 Å². The number of morpholine rings is 1. The van der Waals surface area contributed by atoms with E-state index in [0.717, 1.165) is 41.1 Å². The molecule has 4 heterocycles. The number of carboxylic acids is 1. The minimum atomic E-state index is -0.895. The van der Waals surface area contributed by atoms with Crippen LogP contribution in [0.1, 0.15) is 34.6 Å². The first-order valence-electron chi connectivity index (χ1n) is 9.16. The smallest absolute Gasteiger partial charge is 0.336 e. The van der Waals surface area contributed by atoms with E-state index in [2.05, 4.69) is 27.5 Å². The van der Waals surface area contributed by atoms with Crippen LogP contribution < -0.4 is 0 Å². The Bertz CT molecular complexity index is 998. The van der Waals surface area contributed by atoms with Crippen molar-refractivity contribution in [2.24, 2.45) is 7.05 Å². The lowest BCUT2D eigenvalue weighted by molar-refractivity contribution is 0.0187. The van der Waals surface area contributed by atoms with Gasteiger partial charge in [0.2, 0.25) is 0 Å². The molecule has 0 spiro atoms. The predicted octanol–water partition coefficient (Wildman–Crippen LogP) is 2.74. The number of aryl methyl sites for hydroxylation is 1. The number of aromatic carboxylic acids is 1. The van der Waals surface area contributed by atoms with Gasteiger partial charge >= 0.3 is 5.97 Å². The number of rotatable bonds is 4. The van der Waals surface area contributed by atoms with Crippen molar-refractivity contribution in [3.05, 3.63) is 47.4 Å². The topological polar surface area (TPSA) is 72.0 Å². The summed E-state index contributed by atoms with van der Waals surface area (Å²) in [5.74, 6) is -0.895. The van der Waals surface area contributed by atoms with Crippen molar-refractivity contribution in [3.63, 3.8) is 0 Å². The number of ether oxygens (including phenoxy) is 1. The SMILES string of the molecule is Cc1c(C(=O)O)cc2cc(-c3ccnn3C)cn2c1C(C)N1CCOCC1. The summed E-state index contributed by atoms with van der Waals surface area (Å²) in [6.07, 6.45) is 3.85. The summed E-state index contributed by atoms with van der Waals surface area (Å²) in [6.45, 7) is 7.14. The van der Waals surface area contributed by atoms with Gasteiger partial charge in [0.1, 0.15) is 0 Å². The average Bonchev–Trinajstić information content (AvgIpc) is 3.26. The van der Waals surface area contributed by atoms with Crippen LogP contribution in [0.2, 0.25) is 0 Å². The van der Waals surface area contributed by atoms with E-state index in [1.165, 1.54) is 0 Å². The van der Waals surface area contributed by atoms with E-state index in [1.54, 1.807) is 12.3 Å². The van der Waals surface area contributed by atoms with Crippen LogP contribution in [0.5, 0.6) is 0 Å². The molecule has 4 rings (SSSR count). The van der Waals surface area contributed by atoms with E-state index in [4.69, 9.17) is 4.74 Å². The van der Waals surface area contributed by atoms with Crippen LogP contribution in [0.3, 0.4) is 0 Å². The highest BCUT2D eigenvalue weighted by atomic mass is 16.5. The third-order valence-corrected chi connectivity index (χ3v) is 5.53. The molecule has 1 N–H and O–H groups in total. The van der Waals surface area contributed by atoms with Gasteiger partial charge in [-0.2, -0.15) is 5.10 Å². The normalized spacial score (nSPS) is 16.7. The lowest BCUT2D eigenvalue weighted by Crippen LogP contribution is -2.39. The van der Waals surface area contributed by atoms with Gasteiger partial charge in [-0.1, -0.05) is 0 Å². The largest absolute Gasteiger partial charge is 0.478 e. The van der Waals surface area contributed by atoms with Gasteiger partial charge in [-0.3, -0.25) is 9.58 Å². The van der Waals surface area contributed by atoms with Crippen LogP contribution in [-0.4, -0.2) is 56.5 Å². The van der Waals surface area contributed by atoms with Crippen LogP contribution in [0, 0.1) is 6.92 Å². The van der Waals surface area contributed by atoms with E-state index in [0.29, 0.717) is 18.8 Å². The molecule has 0 radical (unpaired) electrons. The molecule has 7 nitrogen and oxygen atoms in total. The second-order valence-corrected chi connectivity index (χ2v) is 7.06. The fourth-order valence-corrected chi connectivity index (χ4v) is 4.05. The van der Waals surface area contributed by atoms with Crippen LogP contribution >= 0.6 is 0 Å². The Morgan fingerprint density at radius 2 is 2.04 bits per heavy atom. The monoisotopic (exact) mass is 368 g/mol. The molecule has 0 amide bonds. The number of nitrogens with zero attached hydrogens (tertiary/aromatic N) is 4. The molecule has 1 atom stereocenters. The Hall–Kier alpha value is -2.64. The van der Waals surface area contributed by atoms with Crippen molar-refractivity contribution in [3.8, 4) is 11.3 Å². The molecule has 0 aromatic carbocycles. The number of fused-ring (bicyclic) bond motifs is 1. The van der Waals surface area contributed by atoms with Crippen molar-refractivity contribution >= 4 is 11.5 Å². The van der Waals surface area contributed by atoms with Crippen molar-refractivity contribution in [1.82, 2.24) is 19.1 Å². The van der Waals surface area contributed by atoms with Gasteiger partial charge in [0, 0.05) is 55.3 Å². The van der Waals surface area contributed by atoms with E-state index in [-0.39, 0.29) is 6.04 Å². The summed E-state index contributed by atoms with van der Waals surface area (Å²) < 4.78 is 9.43. The van der Waals surface area contributed by atoms with E-state index < -0.39 is 5.97 Å². The Morgan fingerprint density at radius 1 is 1.30 bits per heavy atom. The first-order valence-corrected chi connectivity index (χ1v) is 9.16. The van der Waals surface area contributed by atoms with Crippen molar-refractivity contribution in [2.45, 2.75) is 19.9 Å². The Kier molecular flexibility index (Phi) is 4.49. The molecule has 3 aromatic heterocycles. The molecular weight excluding hydrogens is 344 g/mol. The minimum absolute atomic E-state index is 0.0856. The molecule has 0 aliphatic carbocycles. The van der Waals surface area contributed by atoms with Gasteiger partial charge in [-0.25, -0.2) is 4.79 Å². The van der Waals surface area contributed by atoms with Gasteiger partial charge in [0.05, 0.1) is 24.5 Å². The van der Waals surface area contributed by atoms with Gasteiger partial charge in [-0.05, 0) is 37.6 Å². The Morgan fingerprint density at radius 3 is 2.67 bits per heavy atom. The lowest BCUT2D eigenvalue weighted by Gasteiger charge is -2.33. The first kappa shape index (κ1) is 17.8. The molecule has 7 heteroatoms. The van der Waals surface area contributed by atoms with Gasteiger partial charge < -0.3 is 14.2 Å². The molecule has 3 aromatic rings. The molecule has 1 aliphatic rings. The number of carbonyl (C=O) groups is 1. The fourth-order valence-electron chi connectivity index (χ4n) is 4.05. The molecule has 1 fully saturated rings. The van der Waals surface area contributed by atoms with Crippen LogP contribution in [0.15, 0.2) is 30.6 Å². The molecule has 1 saturated heterocycles. The summed E-state index contributed by atoms with van der Waals surface area (Å²) in [5, 5.41) is 14.0. The molecule has 0 saturated carbocycles. The Labute approximate surface area is 157 Å². The number of hydrogen-bond donors (Lipinski definition) is 1. The summed E-state index contributed by atoms with van der Waals surface area (Å²) >= 11 is 0. The number of aromatic nitrogens is 3. The molecule has 0 bridgehead atoms. The predicted molar refractivity (Wildman–Crippen MR) is 102 cm³/mol. The van der Waals surface area contributed by atoms with Gasteiger partial charge in [0.25, 0.3) is 0 Å². The summed E-state index contributed by atoms with van der Waals surface area (Å²) in [4.78, 5) is 14.2. The third-order valence-electron chi connectivity index (χ3n) is 5.53. The van der Waals surface area contributed by atoms with E-state index >= 15 is 0 Å². The fraction of sp³-hybridized carbons (Fsp3) is 0.400. The molecule has 142 valence electrons. The lowest BCUT2D eigenvalue weighted by atomic mass is 10.0. The zero-order valence-corrected chi connectivity index (χ0v) is 15.8. The van der Waals surface area contributed by atoms with E-state index in [1.807, 2.05) is 30.8 Å². The van der Waals surface area contributed by atoms with Crippen molar-refractivity contribution < 1.29 is 14.6 Å². The summed E-state index contributed by atoms with van der Waals surface area (Å²) in [7, 11) is 1.91. The highest BCUT2D eigenvalue weighted by molar-refractivity contribution is 5.91. The highest BCUT2D eigenvalue weighted by Gasteiger charge is 2.25. The summed E-state index contributed by atoms with van der Waals surface area (Å²) in [6, 6.07) is 5.83. The zero-order valence-electron chi connectivity index (χ0n) is 15.8. The van der Waals surface area contributed by atoms with Gasteiger partial charge in [-0.15, -0.1) is 0 Å². The van der Waals surface area contributed by atoms with Gasteiger partial charge in [0.15, 0.2) is 0 Å². The molecule has 1 aliphatic heterocycles. The molecule has 1 unspecified atom stereocenters. The standard InChI is InChI=1S/C20H24N4O3/c1-13-17(20(25)26)11-16-10-15(18-4-5-21-22(18)3)12-24(16)19(13)14(2)23-6-8-27-9-7-23/h4-5,10-12,14H,6-9H2,1-3H3,(H,25,26). The Balaban J connectivity index is 1.91. The second-order valence-electron chi connectivity index (χ2n) is 7.06. The average molecular weight is 368 g/mol. The molecular formula is C20H24N4O3.